The van der Waals surface area contributed by atoms with Crippen molar-refractivity contribution in [1.29, 1.82) is 0 Å². The Morgan fingerprint density at radius 2 is 1.70 bits per heavy atom. The van der Waals surface area contributed by atoms with E-state index in [1.807, 2.05) is 30.3 Å². The van der Waals surface area contributed by atoms with Crippen LogP contribution in [0.15, 0.2) is 60.8 Å². The number of nitrogens with zero attached hydrogens (tertiary/aromatic N) is 1. The highest BCUT2D eigenvalue weighted by molar-refractivity contribution is 5.82. The zero-order chi connectivity index (χ0) is 14.2. The molecule has 3 rings (SSSR count). The second-order valence-electron chi connectivity index (χ2n) is 4.96. The lowest BCUT2D eigenvalue weighted by atomic mass is 9.87. The molecule has 2 aromatic carbocycles. The Hall–Kier alpha value is -2.26. The Labute approximate surface area is 116 Å². The van der Waals surface area contributed by atoms with Crippen LogP contribution in [-0.4, -0.2) is 10.1 Å². The lowest BCUT2D eigenvalue weighted by Crippen LogP contribution is -2.23. The first kappa shape index (κ1) is 12.8. The summed E-state index contributed by atoms with van der Waals surface area (Å²) in [5.74, 6) is -0.319. The number of aliphatic hydroxyl groups is 1. The first-order chi connectivity index (χ1) is 9.59. The highest BCUT2D eigenvalue weighted by Crippen LogP contribution is 2.33. The number of hydrogen-bond acceptors (Lipinski definition) is 2. The minimum Gasteiger partial charge on any atom is -0.381 e. The van der Waals surface area contributed by atoms with Crippen LogP contribution < -0.4 is 0 Å². The van der Waals surface area contributed by atoms with Crippen molar-refractivity contribution in [2.75, 3.05) is 0 Å². The predicted octanol–water partition coefficient (Wildman–Crippen LogP) is 3.63. The smallest absolute Gasteiger partial charge is 0.123 e. The molecule has 20 heavy (non-hydrogen) atoms. The number of fused-ring (bicyclic) bond motifs is 1. The van der Waals surface area contributed by atoms with Crippen LogP contribution in [0.4, 0.5) is 4.39 Å². The van der Waals surface area contributed by atoms with Gasteiger partial charge in [-0.3, -0.25) is 4.98 Å². The average Bonchev–Trinajstić information content (AvgIpc) is 2.47. The number of halogens is 1. The fourth-order valence-electron chi connectivity index (χ4n) is 2.43. The normalized spacial score (nSPS) is 14.2. The number of rotatable bonds is 2. The molecule has 0 aliphatic heterocycles. The molecule has 0 radical (unpaired) electrons. The molecule has 3 heteroatoms. The van der Waals surface area contributed by atoms with Crippen molar-refractivity contribution in [3.05, 3.63) is 77.7 Å². The van der Waals surface area contributed by atoms with Crippen molar-refractivity contribution in [1.82, 2.24) is 4.98 Å². The summed E-state index contributed by atoms with van der Waals surface area (Å²) < 4.78 is 13.0. The summed E-state index contributed by atoms with van der Waals surface area (Å²) in [4.78, 5) is 4.36. The van der Waals surface area contributed by atoms with Crippen molar-refractivity contribution >= 4 is 10.9 Å². The zero-order valence-corrected chi connectivity index (χ0v) is 11.0. The largest absolute Gasteiger partial charge is 0.381 e. The molecule has 1 aromatic heterocycles. The van der Waals surface area contributed by atoms with Gasteiger partial charge in [-0.1, -0.05) is 36.4 Å². The van der Waals surface area contributed by atoms with Crippen molar-refractivity contribution in [3.63, 3.8) is 0 Å². The molecule has 1 heterocycles. The van der Waals surface area contributed by atoms with E-state index in [2.05, 4.69) is 4.98 Å². The van der Waals surface area contributed by atoms with Crippen LogP contribution >= 0.6 is 0 Å². The van der Waals surface area contributed by atoms with Crippen LogP contribution in [0.2, 0.25) is 0 Å². The monoisotopic (exact) mass is 267 g/mol. The molecule has 0 amide bonds. The highest BCUT2D eigenvalue weighted by Gasteiger charge is 2.27. The van der Waals surface area contributed by atoms with E-state index >= 15 is 0 Å². The van der Waals surface area contributed by atoms with Gasteiger partial charge in [-0.2, -0.15) is 0 Å². The summed E-state index contributed by atoms with van der Waals surface area (Å²) in [5, 5.41) is 11.8. The van der Waals surface area contributed by atoms with Crippen LogP contribution in [-0.2, 0) is 5.60 Å². The molecule has 3 aromatic rings. The van der Waals surface area contributed by atoms with Crippen molar-refractivity contribution in [3.8, 4) is 0 Å². The van der Waals surface area contributed by atoms with Crippen LogP contribution in [0, 0.1) is 5.82 Å². The Balaban J connectivity index is 2.20. The van der Waals surface area contributed by atoms with E-state index in [1.54, 1.807) is 25.3 Å². The van der Waals surface area contributed by atoms with Crippen LogP contribution in [0.1, 0.15) is 18.1 Å². The van der Waals surface area contributed by atoms with Crippen molar-refractivity contribution in [2.24, 2.45) is 0 Å². The summed E-state index contributed by atoms with van der Waals surface area (Å²) in [5.41, 5.74) is 0.880. The molecule has 0 aliphatic carbocycles. The summed E-state index contributed by atoms with van der Waals surface area (Å²) in [7, 11) is 0. The van der Waals surface area contributed by atoms with Gasteiger partial charge in [-0.05, 0) is 30.7 Å². The van der Waals surface area contributed by atoms with Gasteiger partial charge >= 0.3 is 0 Å². The topological polar surface area (TPSA) is 33.1 Å². The second kappa shape index (κ2) is 4.69. The SMILES string of the molecule is CC(O)(c1ccc(F)cc1)c1cccc2cccnc12. The zero-order valence-electron chi connectivity index (χ0n) is 11.0. The molecule has 1 N–H and O–H groups in total. The number of pyridine rings is 1. The summed E-state index contributed by atoms with van der Waals surface area (Å²) in [6, 6.07) is 15.4. The fraction of sp³-hybridized carbons (Fsp3) is 0.118. The van der Waals surface area contributed by atoms with E-state index < -0.39 is 5.60 Å². The van der Waals surface area contributed by atoms with Crippen molar-refractivity contribution in [2.45, 2.75) is 12.5 Å². The summed E-state index contributed by atoms with van der Waals surface area (Å²) in [6.07, 6.45) is 1.70. The van der Waals surface area contributed by atoms with Gasteiger partial charge in [0.1, 0.15) is 11.4 Å². The van der Waals surface area contributed by atoms with Gasteiger partial charge in [0, 0.05) is 17.1 Å². The predicted molar refractivity (Wildman–Crippen MR) is 76.8 cm³/mol. The lowest BCUT2D eigenvalue weighted by molar-refractivity contribution is 0.104. The van der Waals surface area contributed by atoms with E-state index in [0.717, 1.165) is 10.9 Å². The molecule has 100 valence electrons. The average molecular weight is 267 g/mol. The van der Waals surface area contributed by atoms with Gasteiger partial charge in [-0.25, -0.2) is 4.39 Å². The standard InChI is InChI=1S/C17H14FNO/c1-17(20,13-7-9-14(18)10-8-13)15-6-2-4-12-5-3-11-19-16(12)15/h2-11,20H,1H3. The Morgan fingerprint density at radius 1 is 1.00 bits per heavy atom. The van der Waals surface area contributed by atoms with E-state index in [-0.39, 0.29) is 5.82 Å². The first-order valence-corrected chi connectivity index (χ1v) is 6.42. The molecular formula is C17H14FNO. The summed E-state index contributed by atoms with van der Waals surface area (Å²) in [6.45, 7) is 1.70. The molecule has 0 bridgehead atoms. The van der Waals surface area contributed by atoms with Crippen LogP contribution in [0.25, 0.3) is 10.9 Å². The summed E-state index contributed by atoms with van der Waals surface area (Å²) >= 11 is 0. The van der Waals surface area contributed by atoms with Crippen LogP contribution in [0.5, 0.6) is 0 Å². The van der Waals surface area contributed by atoms with E-state index in [1.165, 1.54) is 12.1 Å². The van der Waals surface area contributed by atoms with E-state index in [4.69, 9.17) is 0 Å². The van der Waals surface area contributed by atoms with Gasteiger partial charge in [0.15, 0.2) is 0 Å². The lowest BCUT2D eigenvalue weighted by Gasteiger charge is -2.25. The molecule has 1 unspecified atom stereocenters. The quantitative estimate of drug-likeness (QED) is 0.769. The highest BCUT2D eigenvalue weighted by atomic mass is 19.1. The minimum atomic E-state index is -1.22. The fourth-order valence-corrected chi connectivity index (χ4v) is 2.43. The number of aromatic nitrogens is 1. The maximum atomic E-state index is 13.0. The third kappa shape index (κ3) is 2.06. The van der Waals surface area contributed by atoms with E-state index in [0.29, 0.717) is 11.1 Å². The van der Waals surface area contributed by atoms with Crippen LogP contribution in [0.3, 0.4) is 0 Å². The van der Waals surface area contributed by atoms with Gasteiger partial charge in [0.05, 0.1) is 5.52 Å². The molecule has 0 spiro atoms. The van der Waals surface area contributed by atoms with Gasteiger partial charge < -0.3 is 5.11 Å². The molecule has 2 nitrogen and oxygen atoms in total. The van der Waals surface area contributed by atoms with Gasteiger partial charge in [0.2, 0.25) is 0 Å². The second-order valence-corrected chi connectivity index (χ2v) is 4.96. The molecule has 1 atom stereocenters. The molecular weight excluding hydrogens is 253 g/mol. The maximum Gasteiger partial charge on any atom is 0.123 e. The van der Waals surface area contributed by atoms with Gasteiger partial charge in [-0.15, -0.1) is 0 Å². The van der Waals surface area contributed by atoms with Gasteiger partial charge in [0.25, 0.3) is 0 Å². The third-order valence-electron chi connectivity index (χ3n) is 3.56. The molecule has 0 saturated carbocycles. The molecule has 0 saturated heterocycles. The molecule has 0 fully saturated rings. The molecule has 0 aliphatic rings. The first-order valence-electron chi connectivity index (χ1n) is 6.42. The Morgan fingerprint density at radius 3 is 2.45 bits per heavy atom. The number of benzene rings is 2. The van der Waals surface area contributed by atoms with E-state index in [9.17, 15) is 9.50 Å². The van der Waals surface area contributed by atoms with Crippen molar-refractivity contribution < 1.29 is 9.50 Å². The maximum absolute atomic E-state index is 13.0. The third-order valence-corrected chi connectivity index (χ3v) is 3.56. The minimum absolute atomic E-state index is 0.319. The Bertz CT molecular complexity index is 745. The number of para-hydroxylation sites is 1. The number of hydrogen-bond donors (Lipinski definition) is 1. The Kier molecular flexibility index (Phi) is 2.99.